The number of ether oxygens (including phenoxy) is 1. The molecule has 3 heterocycles. The van der Waals surface area contributed by atoms with Crippen LogP contribution < -0.4 is 5.32 Å². The summed E-state index contributed by atoms with van der Waals surface area (Å²) in [4.78, 5) is 34.1. The number of hydrogen-bond acceptors (Lipinski definition) is 6. The van der Waals surface area contributed by atoms with Gasteiger partial charge in [-0.1, -0.05) is 0 Å². The van der Waals surface area contributed by atoms with E-state index in [2.05, 4.69) is 15.3 Å². The van der Waals surface area contributed by atoms with Crippen LogP contribution in [-0.2, 0) is 4.74 Å². The Labute approximate surface area is 150 Å². The van der Waals surface area contributed by atoms with Crippen LogP contribution in [-0.4, -0.2) is 52.6 Å². The van der Waals surface area contributed by atoms with Gasteiger partial charge in [-0.3, -0.25) is 9.78 Å². The molecule has 0 spiro atoms. The Balaban J connectivity index is 1.54. The molecule has 0 atom stereocenters. The number of nitrogens with one attached hydrogen (secondary N) is 1. The summed E-state index contributed by atoms with van der Waals surface area (Å²) in [5.74, 6) is -0.175. The lowest BCUT2D eigenvalue weighted by atomic mass is 10.1. The Kier molecular flexibility index (Phi) is 5.60. The van der Waals surface area contributed by atoms with Crippen LogP contribution >= 0.6 is 11.3 Å². The average molecular weight is 360 g/mol. The summed E-state index contributed by atoms with van der Waals surface area (Å²) >= 11 is 1.43. The molecule has 3 rings (SSSR count). The van der Waals surface area contributed by atoms with Gasteiger partial charge in [-0.2, -0.15) is 0 Å². The minimum Gasteiger partial charge on any atom is -0.450 e. The third-order valence-electron chi connectivity index (χ3n) is 4.02. The average Bonchev–Trinajstić information content (AvgIpc) is 3.13. The van der Waals surface area contributed by atoms with Gasteiger partial charge in [0.25, 0.3) is 5.91 Å². The largest absolute Gasteiger partial charge is 0.450 e. The molecule has 2 aromatic rings. The van der Waals surface area contributed by atoms with Crippen LogP contribution in [0.15, 0.2) is 29.9 Å². The zero-order valence-corrected chi connectivity index (χ0v) is 14.8. The van der Waals surface area contributed by atoms with Crippen LogP contribution in [0.4, 0.5) is 4.79 Å². The fourth-order valence-corrected chi connectivity index (χ4v) is 3.49. The van der Waals surface area contributed by atoms with Gasteiger partial charge in [-0.05, 0) is 31.9 Å². The maximum absolute atomic E-state index is 12.4. The van der Waals surface area contributed by atoms with Gasteiger partial charge in [0.15, 0.2) is 0 Å². The Hall–Kier alpha value is -2.48. The summed E-state index contributed by atoms with van der Waals surface area (Å²) in [6, 6.07) is 3.78. The quantitative estimate of drug-likeness (QED) is 0.906. The zero-order valence-electron chi connectivity index (χ0n) is 14.0. The smallest absolute Gasteiger partial charge is 0.409 e. The molecule has 0 unspecified atom stereocenters. The predicted molar refractivity (Wildman–Crippen MR) is 94.4 cm³/mol. The van der Waals surface area contributed by atoms with E-state index in [1.807, 2.05) is 12.1 Å². The van der Waals surface area contributed by atoms with Gasteiger partial charge < -0.3 is 15.0 Å². The Bertz CT molecular complexity index is 727. The van der Waals surface area contributed by atoms with Crippen LogP contribution in [0, 0.1) is 0 Å². The number of likely N-dealkylation sites (tertiary alicyclic amines) is 1. The molecule has 0 aliphatic carbocycles. The summed E-state index contributed by atoms with van der Waals surface area (Å²) in [5.41, 5.74) is 1.37. The summed E-state index contributed by atoms with van der Waals surface area (Å²) in [5, 5.41) is 5.56. The van der Waals surface area contributed by atoms with Crippen molar-refractivity contribution in [2.24, 2.45) is 0 Å². The molecular weight excluding hydrogens is 340 g/mol. The number of thiazole rings is 1. The number of nitrogens with zero attached hydrogens (tertiary/aromatic N) is 3. The Morgan fingerprint density at radius 3 is 2.72 bits per heavy atom. The fourth-order valence-electron chi connectivity index (χ4n) is 2.69. The number of amides is 2. The molecule has 1 aliphatic heterocycles. The van der Waals surface area contributed by atoms with E-state index in [0.717, 1.165) is 10.6 Å². The van der Waals surface area contributed by atoms with Crippen molar-refractivity contribution < 1.29 is 14.3 Å². The van der Waals surface area contributed by atoms with Gasteiger partial charge >= 0.3 is 6.09 Å². The number of hydrogen-bond donors (Lipinski definition) is 1. The lowest BCUT2D eigenvalue weighted by Gasteiger charge is -2.31. The molecule has 132 valence electrons. The van der Waals surface area contributed by atoms with E-state index in [1.165, 1.54) is 11.3 Å². The first-order valence-corrected chi connectivity index (χ1v) is 9.14. The zero-order chi connectivity index (χ0) is 17.6. The van der Waals surface area contributed by atoms with Crippen molar-refractivity contribution >= 4 is 23.3 Å². The van der Waals surface area contributed by atoms with E-state index in [-0.39, 0.29) is 18.0 Å². The highest BCUT2D eigenvalue weighted by Crippen LogP contribution is 2.23. The van der Waals surface area contributed by atoms with E-state index in [0.29, 0.717) is 38.2 Å². The van der Waals surface area contributed by atoms with Crippen molar-refractivity contribution in [3.8, 4) is 10.6 Å². The molecule has 1 saturated heterocycles. The number of carbonyl (C=O) groups excluding carboxylic acids is 2. The number of aromatic nitrogens is 2. The second-order valence-electron chi connectivity index (χ2n) is 5.71. The summed E-state index contributed by atoms with van der Waals surface area (Å²) in [7, 11) is 0. The lowest BCUT2D eigenvalue weighted by Crippen LogP contribution is -2.46. The van der Waals surface area contributed by atoms with Crippen molar-refractivity contribution in [2.45, 2.75) is 25.8 Å². The number of piperidine rings is 1. The first-order valence-electron chi connectivity index (χ1n) is 8.26. The molecular formula is C17H20N4O3S. The number of pyridine rings is 1. The van der Waals surface area contributed by atoms with E-state index in [1.54, 1.807) is 29.6 Å². The first-order chi connectivity index (χ1) is 12.2. The maximum Gasteiger partial charge on any atom is 0.409 e. The summed E-state index contributed by atoms with van der Waals surface area (Å²) in [6.45, 7) is 3.34. The molecule has 2 amide bonds. The molecule has 1 aliphatic rings. The van der Waals surface area contributed by atoms with Crippen molar-refractivity contribution in [2.75, 3.05) is 19.7 Å². The molecule has 2 aromatic heterocycles. The third kappa shape index (κ3) is 4.33. The van der Waals surface area contributed by atoms with Gasteiger partial charge in [-0.15, -0.1) is 11.3 Å². The predicted octanol–water partition coefficient (Wildman–Crippen LogP) is 2.56. The topological polar surface area (TPSA) is 84.4 Å². The molecule has 0 bridgehead atoms. The fraction of sp³-hybridized carbons (Fsp3) is 0.412. The number of carbonyl (C=O) groups is 2. The van der Waals surface area contributed by atoms with E-state index < -0.39 is 0 Å². The molecule has 0 aromatic carbocycles. The van der Waals surface area contributed by atoms with Crippen LogP contribution in [0.1, 0.15) is 30.3 Å². The SMILES string of the molecule is CCOC(=O)N1CCC(NC(=O)c2csc(-c3ccncc3)n2)CC1. The monoisotopic (exact) mass is 360 g/mol. The van der Waals surface area contributed by atoms with Crippen molar-refractivity contribution in [3.63, 3.8) is 0 Å². The van der Waals surface area contributed by atoms with Crippen molar-refractivity contribution in [3.05, 3.63) is 35.6 Å². The van der Waals surface area contributed by atoms with Gasteiger partial charge in [0, 0.05) is 42.5 Å². The minimum absolute atomic E-state index is 0.0456. The van der Waals surface area contributed by atoms with Crippen LogP contribution in [0.3, 0.4) is 0 Å². The summed E-state index contributed by atoms with van der Waals surface area (Å²) in [6.07, 6.45) is 4.55. The number of rotatable bonds is 4. The highest BCUT2D eigenvalue weighted by Gasteiger charge is 2.25. The molecule has 25 heavy (non-hydrogen) atoms. The third-order valence-corrected chi connectivity index (χ3v) is 4.91. The van der Waals surface area contributed by atoms with E-state index in [4.69, 9.17) is 4.74 Å². The van der Waals surface area contributed by atoms with E-state index >= 15 is 0 Å². The second-order valence-corrected chi connectivity index (χ2v) is 6.57. The molecule has 7 nitrogen and oxygen atoms in total. The van der Waals surface area contributed by atoms with Gasteiger partial charge in [0.1, 0.15) is 10.7 Å². The minimum atomic E-state index is -0.284. The standard InChI is InChI=1S/C17H20N4O3S/c1-2-24-17(23)21-9-5-13(6-10-21)19-15(22)14-11-25-16(20-14)12-3-7-18-8-4-12/h3-4,7-8,11,13H,2,5-6,9-10H2,1H3,(H,19,22). The molecule has 8 heteroatoms. The normalized spacial score (nSPS) is 15.0. The maximum atomic E-state index is 12.4. The highest BCUT2D eigenvalue weighted by molar-refractivity contribution is 7.13. The molecule has 1 fully saturated rings. The lowest BCUT2D eigenvalue weighted by molar-refractivity contribution is 0.0857. The molecule has 0 radical (unpaired) electrons. The highest BCUT2D eigenvalue weighted by atomic mass is 32.1. The second kappa shape index (κ2) is 8.06. The van der Waals surface area contributed by atoms with Crippen molar-refractivity contribution in [1.29, 1.82) is 0 Å². The Morgan fingerprint density at radius 1 is 1.32 bits per heavy atom. The van der Waals surface area contributed by atoms with Gasteiger partial charge in [0.2, 0.25) is 0 Å². The van der Waals surface area contributed by atoms with Crippen LogP contribution in [0.25, 0.3) is 10.6 Å². The van der Waals surface area contributed by atoms with Crippen LogP contribution in [0.5, 0.6) is 0 Å². The Morgan fingerprint density at radius 2 is 2.04 bits per heavy atom. The molecule has 0 saturated carbocycles. The summed E-state index contributed by atoms with van der Waals surface area (Å²) < 4.78 is 5.00. The van der Waals surface area contributed by atoms with Crippen LogP contribution in [0.2, 0.25) is 0 Å². The van der Waals surface area contributed by atoms with Crippen molar-refractivity contribution in [1.82, 2.24) is 20.2 Å². The van der Waals surface area contributed by atoms with Gasteiger partial charge in [-0.25, -0.2) is 9.78 Å². The first kappa shape index (κ1) is 17.3. The van der Waals surface area contributed by atoms with E-state index in [9.17, 15) is 9.59 Å². The molecule has 1 N–H and O–H groups in total. The van der Waals surface area contributed by atoms with Gasteiger partial charge in [0.05, 0.1) is 6.61 Å².